The molecule has 0 aliphatic rings. The van der Waals surface area contributed by atoms with Crippen molar-refractivity contribution in [2.75, 3.05) is 10.6 Å². The quantitative estimate of drug-likeness (QED) is 0.736. The van der Waals surface area contributed by atoms with Crippen LogP contribution in [0, 0.1) is 0 Å². The van der Waals surface area contributed by atoms with Crippen molar-refractivity contribution in [3.05, 3.63) is 66.1 Å². The van der Waals surface area contributed by atoms with E-state index >= 15 is 0 Å². The lowest BCUT2D eigenvalue weighted by Gasteiger charge is -2.11. The van der Waals surface area contributed by atoms with E-state index < -0.39 is 5.91 Å². The topological polar surface area (TPSA) is 80.0 Å². The van der Waals surface area contributed by atoms with Gasteiger partial charge in [-0.25, -0.2) is 0 Å². The molecule has 1 heterocycles. The standard InChI is InChI=1S/C18H18N4O2/c1-12(2)14-10-6-7-11-15(14)20-18-22-21-17(24-18)16(23)19-13-8-4-3-5-9-13/h3-12H,1-2H3,(H,19,23)(H,20,22). The van der Waals surface area contributed by atoms with Crippen molar-refractivity contribution in [1.82, 2.24) is 10.2 Å². The van der Waals surface area contributed by atoms with E-state index in [4.69, 9.17) is 4.42 Å². The van der Waals surface area contributed by atoms with E-state index in [2.05, 4.69) is 34.7 Å². The molecule has 0 fully saturated rings. The molecule has 3 aromatic rings. The number of hydrogen-bond acceptors (Lipinski definition) is 5. The minimum Gasteiger partial charge on any atom is -0.399 e. The molecule has 0 saturated carbocycles. The summed E-state index contributed by atoms with van der Waals surface area (Å²) in [6.45, 7) is 4.21. The molecule has 0 aliphatic carbocycles. The average Bonchev–Trinajstić information content (AvgIpc) is 3.05. The molecule has 0 aliphatic heterocycles. The fraction of sp³-hybridized carbons (Fsp3) is 0.167. The maximum atomic E-state index is 12.1. The fourth-order valence-corrected chi connectivity index (χ4v) is 2.30. The van der Waals surface area contributed by atoms with Crippen LogP contribution in [0.5, 0.6) is 0 Å². The molecule has 0 atom stereocenters. The number of nitrogens with one attached hydrogen (secondary N) is 2. The number of benzene rings is 2. The van der Waals surface area contributed by atoms with E-state index in [9.17, 15) is 4.79 Å². The van der Waals surface area contributed by atoms with Crippen molar-refractivity contribution >= 4 is 23.3 Å². The Hall–Kier alpha value is -3.15. The van der Waals surface area contributed by atoms with Gasteiger partial charge in [-0.2, -0.15) is 0 Å². The van der Waals surface area contributed by atoms with E-state index in [1.807, 2.05) is 42.5 Å². The van der Waals surface area contributed by atoms with Gasteiger partial charge in [-0.1, -0.05) is 55.3 Å². The summed E-state index contributed by atoms with van der Waals surface area (Å²) in [5.74, 6) is -0.195. The molecule has 0 bridgehead atoms. The molecule has 6 heteroatoms. The van der Waals surface area contributed by atoms with Crippen molar-refractivity contribution in [3.63, 3.8) is 0 Å². The van der Waals surface area contributed by atoms with E-state index in [-0.39, 0.29) is 11.9 Å². The number of rotatable bonds is 5. The summed E-state index contributed by atoms with van der Waals surface area (Å²) < 4.78 is 5.41. The van der Waals surface area contributed by atoms with Crippen molar-refractivity contribution < 1.29 is 9.21 Å². The Labute approximate surface area is 139 Å². The third-order valence-electron chi connectivity index (χ3n) is 3.48. The molecule has 0 radical (unpaired) electrons. The van der Waals surface area contributed by atoms with Crippen molar-refractivity contribution in [1.29, 1.82) is 0 Å². The van der Waals surface area contributed by atoms with Gasteiger partial charge in [0.1, 0.15) is 0 Å². The zero-order valence-corrected chi connectivity index (χ0v) is 13.5. The van der Waals surface area contributed by atoms with E-state index in [0.29, 0.717) is 11.6 Å². The molecule has 3 rings (SSSR count). The van der Waals surface area contributed by atoms with Gasteiger partial charge in [0, 0.05) is 11.4 Å². The number of hydrogen-bond donors (Lipinski definition) is 2. The Morgan fingerprint density at radius 1 is 1.00 bits per heavy atom. The SMILES string of the molecule is CC(C)c1ccccc1Nc1nnc(C(=O)Nc2ccccc2)o1. The minimum atomic E-state index is -0.445. The highest BCUT2D eigenvalue weighted by molar-refractivity contribution is 6.00. The normalized spacial score (nSPS) is 10.6. The highest BCUT2D eigenvalue weighted by Gasteiger charge is 2.16. The van der Waals surface area contributed by atoms with Gasteiger partial charge < -0.3 is 15.1 Å². The molecule has 1 aromatic heterocycles. The van der Waals surface area contributed by atoms with Gasteiger partial charge in [0.15, 0.2) is 0 Å². The molecule has 2 aromatic carbocycles. The van der Waals surface area contributed by atoms with Gasteiger partial charge in [0.25, 0.3) is 0 Å². The first-order chi connectivity index (χ1) is 11.6. The largest absolute Gasteiger partial charge is 0.399 e. The average molecular weight is 322 g/mol. The predicted molar refractivity (Wildman–Crippen MR) is 92.5 cm³/mol. The zero-order valence-electron chi connectivity index (χ0n) is 13.5. The number of aromatic nitrogens is 2. The smallest absolute Gasteiger partial charge is 0.320 e. The Morgan fingerprint density at radius 2 is 1.71 bits per heavy atom. The van der Waals surface area contributed by atoms with Crippen molar-refractivity contribution in [2.24, 2.45) is 0 Å². The molecule has 0 unspecified atom stereocenters. The van der Waals surface area contributed by atoms with Crippen molar-refractivity contribution in [2.45, 2.75) is 19.8 Å². The number of para-hydroxylation sites is 2. The number of carbonyl (C=O) groups excluding carboxylic acids is 1. The lowest BCUT2D eigenvalue weighted by atomic mass is 10.0. The van der Waals surface area contributed by atoms with Crippen LogP contribution < -0.4 is 10.6 Å². The van der Waals surface area contributed by atoms with Gasteiger partial charge >= 0.3 is 17.8 Å². The van der Waals surface area contributed by atoms with Crippen LogP contribution in [0.25, 0.3) is 0 Å². The van der Waals surface area contributed by atoms with Crippen LogP contribution in [-0.2, 0) is 0 Å². The van der Waals surface area contributed by atoms with Crippen LogP contribution in [0.3, 0.4) is 0 Å². The monoisotopic (exact) mass is 322 g/mol. The van der Waals surface area contributed by atoms with Gasteiger partial charge in [0.05, 0.1) is 0 Å². The molecular formula is C18H18N4O2. The maximum Gasteiger partial charge on any atom is 0.320 e. The summed E-state index contributed by atoms with van der Waals surface area (Å²) in [5, 5.41) is 13.5. The minimum absolute atomic E-state index is 0.0941. The molecule has 24 heavy (non-hydrogen) atoms. The van der Waals surface area contributed by atoms with Crippen LogP contribution in [0.2, 0.25) is 0 Å². The second kappa shape index (κ2) is 6.95. The second-order valence-electron chi connectivity index (χ2n) is 5.60. The fourth-order valence-electron chi connectivity index (χ4n) is 2.30. The second-order valence-corrected chi connectivity index (χ2v) is 5.60. The Balaban J connectivity index is 1.73. The third-order valence-corrected chi connectivity index (χ3v) is 3.48. The Kier molecular flexibility index (Phi) is 4.56. The molecule has 6 nitrogen and oxygen atoms in total. The lowest BCUT2D eigenvalue weighted by molar-refractivity contribution is 0.0991. The molecule has 2 N–H and O–H groups in total. The summed E-state index contributed by atoms with van der Waals surface area (Å²) in [6, 6.07) is 17.2. The summed E-state index contributed by atoms with van der Waals surface area (Å²) in [6.07, 6.45) is 0. The zero-order chi connectivity index (χ0) is 16.9. The summed E-state index contributed by atoms with van der Waals surface area (Å²) in [4.78, 5) is 12.1. The van der Waals surface area contributed by atoms with Crippen LogP contribution in [0.4, 0.5) is 17.4 Å². The molecule has 122 valence electrons. The van der Waals surface area contributed by atoms with Crippen LogP contribution >= 0.6 is 0 Å². The lowest BCUT2D eigenvalue weighted by Crippen LogP contribution is -2.12. The summed E-state index contributed by atoms with van der Waals surface area (Å²) in [7, 11) is 0. The number of amides is 1. The highest BCUT2D eigenvalue weighted by atomic mass is 16.4. The predicted octanol–water partition coefficient (Wildman–Crippen LogP) is 4.19. The molecular weight excluding hydrogens is 304 g/mol. The van der Waals surface area contributed by atoms with E-state index in [0.717, 1.165) is 11.3 Å². The van der Waals surface area contributed by atoms with E-state index in [1.54, 1.807) is 12.1 Å². The maximum absolute atomic E-state index is 12.1. The van der Waals surface area contributed by atoms with Crippen molar-refractivity contribution in [3.8, 4) is 0 Å². The van der Waals surface area contributed by atoms with Crippen LogP contribution in [-0.4, -0.2) is 16.1 Å². The first-order valence-electron chi connectivity index (χ1n) is 7.69. The first-order valence-corrected chi connectivity index (χ1v) is 7.69. The summed E-state index contributed by atoms with van der Waals surface area (Å²) >= 11 is 0. The summed E-state index contributed by atoms with van der Waals surface area (Å²) in [5.41, 5.74) is 2.68. The van der Waals surface area contributed by atoms with Gasteiger partial charge in [-0.3, -0.25) is 4.79 Å². The highest BCUT2D eigenvalue weighted by Crippen LogP contribution is 2.26. The number of anilines is 3. The van der Waals surface area contributed by atoms with E-state index in [1.165, 1.54) is 0 Å². The third kappa shape index (κ3) is 3.60. The van der Waals surface area contributed by atoms with Crippen LogP contribution in [0.15, 0.2) is 59.0 Å². The van der Waals surface area contributed by atoms with Gasteiger partial charge in [-0.15, -0.1) is 5.10 Å². The van der Waals surface area contributed by atoms with Gasteiger partial charge in [-0.05, 0) is 29.7 Å². The molecule has 0 spiro atoms. The first kappa shape index (κ1) is 15.7. The number of carbonyl (C=O) groups is 1. The molecule has 1 amide bonds. The van der Waals surface area contributed by atoms with Crippen LogP contribution in [0.1, 0.15) is 36.0 Å². The van der Waals surface area contributed by atoms with Gasteiger partial charge in [0.2, 0.25) is 0 Å². The Morgan fingerprint density at radius 3 is 2.46 bits per heavy atom. The number of nitrogens with zero attached hydrogens (tertiary/aromatic N) is 2. The molecule has 0 saturated heterocycles. The Bertz CT molecular complexity index is 828.